The van der Waals surface area contributed by atoms with Crippen LogP contribution >= 0.6 is 0 Å². The molecule has 0 unspecified atom stereocenters. The standard InChI is InChI=1S/C23H29N3O5S/c27-23(24-31-18-19-7-3-1-4-8-19)21-17-20(32(28,29)26-11-5-2-6-12-26)9-10-22(21)25-13-15-30-16-14-25/h1,3-4,7-10,17H,2,5-6,11-16,18H2,(H,24,27). The summed E-state index contributed by atoms with van der Waals surface area (Å²) in [6, 6.07) is 14.3. The van der Waals surface area contributed by atoms with Crippen LogP contribution in [0.1, 0.15) is 35.2 Å². The van der Waals surface area contributed by atoms with Crippen molar-refractivity contribution in [1.29, 1.82) is 0 Å². The Labute approximate surface area is 189 Å². The van der Waals surface area contributed by atoms with E-state index in [-0.39, 0.29) is 17.1 Å². The van der Waals surface area contributed by atoms with Gasteiger partial charge in [-0.3, -0.25) is 9.63 Å². The maximum atomic E-state index is 13.2. The number of sulfonamides is 1. The van der Waals surface area contributed by atoms with Gasteiger partial charge in [-0.2, -0.15) is 4.31 Å². The third kappa shape index (κ3) is 5.29. The Morgan fingerprint density at radius 1 is 0.969 bits per heavy atom. The van der Waals surface area contributed by atoms with Crippen molar-refractivity contribution in [1.82, 2.24) is 9.79 Å². The lowest BCUT2D eigenvalue weighted by molar-refractivity contribution is 0.0233. The van der Waals surface area contributed by atoms with Gasteiger partial charge in [0.2, 0.25) is 10.0 Å². The molecule has 1 amide bonds. The number of nitrogens with one attached hydrogen (secondary N) is 1. The first kappa shape index (κ1) is 22.7. The van der Waals surface area contributed by atoms with Gasteiger partial charge in [0.25, 0.3) is 5.91 Å². The Morgan fingerprint density at radius 3 is 2.41 bits per heavy atom. The summed E-state index contributed by atoms with van der Waals surface area (Å²) in [6.45, 7) is 3.60. The van der Waals surface area contributed by atoms with Crippen LogP contribution in [0.25, 0.3) is 0 Å². The van der Waals surface area contributed by atoms with E-state index < -0.39 is 15.9 Å². The molecule has 2 fully saturated rings. The second-order valence-corrected chi connectivity index (χ2v) is 9.89. The molecule has 0 bridgehead atoms. The van der Waals surface area contributed by atoms with Gasteiger partial charge in [0.15, 0.2) is 0 Å². The predicted octanol–water partition coefficient (Wildman–Crippen LogP) is 2.56. The van der Waals surface area contributed by atoms with Crippen molar-refractivity contribution in [2.75, 3.05) is 44.3 Å². The number of carbonyl (C=O) groups excluding carboxylic acids is 1. The highest BCUT2D eigenvalue weighted by atomic mass is 32.2. The first-order chi connectivity index (χ1) is 15.6. The molecule has 172 valence electrons. The van der Waals surface area contributed by atoms with Gasteiger partial charge in [-0.15, -0.1) is 0 Å². The molecule has 2 saturated heterocycles. The molecule has 0 radical (unpaired) electrons. The normalized spacial score (nSPS) is 17.8. The molecule has 32 heavy (non-hydrogen) atoms. The summed E-state index contributed by atoms with van der Waals surface area (Å²) < 4.78 is 33.3. The van der Waals surface area contributed by atoms with Crippen molar-refractivity contribution >= 4 is 21.6 Å². The molecule has 2 aliphatic heterocycles. The van der Waals surface area contributed by atoms with E-state index >= 15 is 0 Å². The molecule has 8 nitrogen and oxygen atoms in total. The third-order valence-electron chi connectivity index (χ3n) is 5.76. The maximum absolute atomic E-state index is 13.2. The van der Waals surface area contributed by atoms with Gasteiger partial charge in [-0.05, 0) is 36.6 Å². The first-order valence-corrected chi connectivity index (χ1v) is 12.4. The van der Waals surface area contributed by atoms with Gasteiger partial charge in [0, 0.05) is 31.9 Å². The Morgan fingerprint density at radius 2 is 1.69 bits per heavy atom. The molecule has 1 N–H and O–H groups in total. The fourth-order valence-corrected chi connectivity index (χ4v) is 5.55. The molecular formula is C23H29N3O5S. The van der Waals surface area contributed by atoms with Crippen LogP contribution in [0.2, 0.25) is 0 Å². The smallest absolute Gasteiger partial charge is 0.276 e. The second-order valence-electron chi connectivity index (χ2n) is 7.95. The van der Waals surface area contributed by atoms with Crippen LogP contribution in [-0.2, 0) is 26.2 Å². The van der Waals surface area contributed by atoms with Crippen molar-refractivity contribution in [3.63, 3.8) is 0 Å². The van der Waals surface area contributed by atoms with E-state index in [2.05, 4.69) is 5.48 Å². The van der Waals surface area contributed by atoms with Gasteiger partial charge in [0.1, 0.15) is 0 Å². The number of hydrogen-bond acceptors (Lipinski definition) is 6. The fourth-order valence-electron chi connectivity index (χ4n) is 4.01. The summed E-state index contributed by atoms with van der Waals surface area (Å²) in [5, 5.41) is 0. The van der Waals surface area contributed by atoms with E-state index in [0.29, 0.717) is 45.1 Å². The van der Waals surface area contributed by atoms with Crippen molar-refractivity contribution in [2.24, 2.45) is 0 Å². The number of benzene rings is 2. The van der Waals surface area contributed by atoms with E-state index in [1.54, 1.807) is 12.1 Å². The number of ether oxygens (including phenoxy) is 1. The van der Waals surface area contributed by atoms with Crippen LogP contribution in [0.15, 0.2) is 53.4 Å². The third-order valence-corrected chi connectivity index (χ3v) is 7.66. The molecule has 2 heterocycles. The zero-order chi connectivity index (χ0) is 22.4. The molecule has 4 rings (SSSR count). The Balaban J connectivity index is 1.57. The van der Waals surface area contributed by atoms with Gasteiger partial charge in [0.05, 0.1) is 30.3 Å². The molecule has 0 aromatic heterocycles. The zero-order valence-corrected chi connectivity index (χ0v) is 18.9. The van der Waals surface area contributed by atoms with Crippen molar-refractivity contribution in [3.8, 4) is 0 Å². The Hall–Kier alpha value is -2.46. The van der Waals surface area contributed by atoms with Crippen LogP contribution in [0, 0.1) is 0 Å². The summed E-state index contributed by atoms with van der Waals surface area (Å²) in [4.78, 5) is 20.6. The second kappa shape index (κ2) is 10.4. The van der Waals surface area contributed by atoms with Crippen LogP contribution in [-0.4, -0.2) is 58.0 Å². The number of piperidine rings is 1. The molecule has 0 spiro atoms. The summed E-state index contributed by atoms with van der Waals surface area (Å²) in [5.41, 5.74) is 4.35. The number of hydroxylamine groups is 1. The highest BCUT2D eigenvalue weighted by molar-refractivity contribution is 7.89. The largest absolute Gasteiger partial charge is 0.378 e. The van der Waals surface area contributed by atoms with E-state index in [9.17, 15) is 13.2 Å². The minimum atomic E-state index is -3.66. The molecule has 0 aliphatic carbocycles. The van der Waals surface area contributed by atoms with E-state index in [1.165, 1.54) is 10.4 Å². The molecule has 0 saturated carbocycles. The van der Waals surface area contributed by atoms with Crippen molar-refractivity contribution < 1.29 is 22.8 Å². The quantitative estimate of drug-likeness (QED) is 0.641. The molecule has 0 atom stereocenters. The minimum Gasteiger partial charge on any atom is -0.378 e. The summed E-state index contributed by atoms with van der Waals surface area (Å²) in [6.07, 6.45) is 2.74. The molecule has 2 aromatic rings. The van der Waals surface area contributed by atoms with E-state index in [0.717, 1.165) is 24.8 Å². The number of nitrogens with zero attached hydrogens (tertiary/aromatic N) is 2. The SMILES string of the molecule is O=C(NOCc1ccccc1)c1cc(S(=O)(=O)N2CCCCC2)ccc1N1CCOCC1. The average molecular weight is 460 g/mol. The first-order valence-electron chi connectivity index (χ1n) is 11.0. The van der Waals surface area contributed by atoms with E-state index in [4.69, 9.17) is 9.57 Å². The van der Waals surface area contributed by atoms with E-state index in [1.807, 2.05) is 35.2 Å². The molecule has 2 aliphatic rings. The van der Waals surface area contributed by atoms with Crippen LogP contribution in [0.4, 0.5) is 5.69 Å². The molecule has 9 heteroatoms. The number of carbonyl (C=O) groups is 1. The van der Waals surface area contributed by atoms with Gasteiger partial charge in [-0.1, -0.05) is 36.8 Å². The number of morpholine rings is 1. The van der Waals surface area contributed by atoms with Crippen LogP contribution in [0.5, 0.6) is 0 Å². The summed E-state index contributed by atoms with van der Waals surface area (Å²) in [5.74, 6) is -0.474. The number of amides is 1. The lowest BCUT2D eigenvalue weighted by atomic mass is 10.1. The average Bonchev–Trinajstić information content (AvgIpc) is 2.85. The summed E-state index contributed by atoms with van der Waals surface area (Å²) in [7, 11) is -3.66. The van der Waals surface area contributed by atoms with Crippen molar-refractivity contribution in [3.05, 3.63) is 59.7 Å². The van der Waals surface area contributed by atoms with Gasteiger partial charge >= 0.3 is 0 Å². The summed E-state index contributed by atoms with van der Waals surface area (Å²) >= 11 is 0. The molecular weight excluding hydrogens is 430 g/mol. The Kier molecular flexibility index (Phi) is 7.41. The van der Waals surface area contributed by atoms with Gasteiger partial charge in [-0.25, -0.2) is 13.9 Å². The minimum absolute atomic E-state index is 0.129. The highest BCUT2D eigenvalue weighted by Crippen LogP contribution is 2.28. The number of hydrogen-bond donors (Lipinski definition) is 1. The lowest BCUT2D eigenvalue weighted by Gasteiger charge is -2.31. The monoisotopic (exact) mass is 459 g/mol. The Bertz CT molecular complexity index is 1020. The number of rotatable bonds is 7. The fraction of sp³-hybridized carbons (Fsp3) is 0.435. The maximum Gasteiger partial charge on any atom is 0.276 e. The molecule has 2 aromatic carbocycles. The zero-order valence-electron chi connectivity index (χ0n) is 18.0. The van der Waals surface area contributed by atoms with Crippen LogP contribution in [0.3, 0.4) is 0 Å². The van der Waals surface area contributed by atoms with Crippen LogP contribution < -0.4 is 10.4 Å². The highest BCUT2D eigenvalue weighted by Gasteiger charge is 2.28. The topological polar surface area (TPSA) is 88.2 Å². The van der Waals surface area contributed by atoms with Crippen molar-refractivity contribution in [2.45, 2.75) is 30.8 Å². The van der Waals surface area contributed by atoms with Gasteiger partial charge < -0.3 is 9.64 Å². The predicted molar refractivity (Wildman–Crippen MR) is 121 cm³/mol. The lowest BCUT2D eigenvalue weighted by Crippen LogP contribution is -2.38. The number of anilines is 1.